The number of hydrogen-bond donors (Lipinski definition) is 1. The molecule has 1 atom stereocenters. The highest BCUT2D eigenvalue weighted by atomic mass is 32.2. The van der Waals surface area contributed by atoms with Crippen LogP contribution in [0.2, 0.25) is 0 Å². The summed E-state index contributed by atoms with van der Waals surface area (Å²) >= 11 is 0. The van der Waals surface area contributed by atoms with E-state index in [1.54, 1.807) is 50.2 Å². The van der Waals surface area contributed by atoms with Gasteiger partial charge in [0.2, 0.25) is 11.8 Å². The first-order valence-corrected chi connectivity index (χ1v) is 14.0. The summed E-state index contributed by atoms with van der Waals surface area (Å²) in [6.45, 7) is 6.36. The molecule has 0 saturated heterocycles. The first-order valence-electron chi connectivity index (χ1n) is 12.5. The van der Waals surface area contributed by atoms with Crippen molar-refractivity contribution in [3.8, 4) is 5.75 Å². The highest BCUT2D eigenvalue weighted by molar-refractivity contribution is 7.92. The molecule has 208 valence electrons. The van der Waals surface area contributed by atoms with E-state index >= 15 is 0 Å². The molecule has 0 saturated carbocycles. The van der Waals surface area contributed by atoms with Gasteiger partial charge in [0.05, 0.1) is 17.7 Å². The lowest BCUT2D eigenvalue weighted by Gasteiger charge is -2.32. The molecule has 39 heavy (non-hydrogen) atoms. The van der Waals surface area contributed by atoms with Gasteiger partial charge in [-0.25, -0.2) is 12.8 Å². The molecule has 3 rings (SSSR count). The van der Waals surface area contributed by atoms with Crippen molar-refractivity contribution in [1.82, 2.24) is 10.2 Å². The molecule has 0 radical (unpaired) electrons. The average Bonchev–Trinajstić information content (AvgIpc) is 2.91. The molecular weight excluding hydrogens is 521 g/mol. The second-order valence-electron chi connectivity index (χ2n) is 9.18. The largest absolute Gasteiger partial charge is 0.495 e. The minimum Gasteiger partial charge on any atom is -0.495 e. The minimum absolute atomic E-state index is 0.0121. The second kappa shape index (κ2) is 12.8. The molecule has 0 aliphatic heterocycles. The summed E-state index contributed by atoms with van der Waals surface area (Å²) in [6, 6.07) is 16.2. The minimum atomic E-state index is -4.25. The van der Waals surface area contributed by atoms with Gasteiger partial charge in [-0.3, -0.25) is 13.9 Å². The third kappa shape index (κ3) is 6.94. The van der Waals surface area contributed by atoms with Crippen molar-refractivity contribution in [1.29, 1.82) is 0 Å². The van der Waals surface area contributed by atoms with Crippen LogP contribution in [0.25, 0.3) is 0 Å². The molecule has 2 amide bonds. The van der Waals surface area contributed by atoms with Crippen LogP contribution in [0, 0.1) is 19.7 Å². The van der Waals surface area contributed by atoms with Crippen LogP contribution in [0.1, 0.15) is 30.5 Å². The third-order valence-electron chi connectivity index (χ3n) is 6.31. The molecule has 0 fully saturated rings. The van der Waals surface area contributed by atoms with Crippen molar-refractivity contribution in [3.05, 3.63) is 89.2 Å². The number of aryl methyl sites for hydroxylation is 2. The van der Waals surface area contributed by atoms with Gasteiger partial charge in [0.1, 0.15) is 24.2 Å². The maximum atomic E-state index is 14.6. The number of hydrogen-bond acceptors (Lipinski definition) is 5. The predicted molar refractivity (Wildman–Crippen MR) is 149 cm³/mol. The number of rotatable bonds is 11. The SMILES string of the molecule is CCNC(=O)[C@H](C)N(Cc1ccccc1F)C(=O)CN(c1cc(C)ccc1OC)S(=O)(=O)c1ccc(C)cc1. The van der Waals surface area contributed by atoms with Crippen LogP contribution >= 0.6 is 0 Å². The molecule has 1 N–H and O–H groups in total. The monoisotopic (exact) mass is 555 g/mol. The third-order valence-corrected chi connectivity index (χ3v) is 8.08. The number of carbonyl (C=O) groups excluding carboxylic acids is 2. The zero-order valence-corrected chi connectivity index (χ0v) is 23.6. The number of anilines is 1. The van der Waals surface area contributed by atoms with Crippen LogP contribution in [0.15, 0.2) is 71.6 Å². The van der Waals surface area contributed by atoms with Crippen molar-refractivity contribution in [3.63, 3.8) is 0 Å². The fraction of sp³-hybridized carbons (Fsp3) is 0.310. The van der Waals surface area contributed by atoms with Gasteiger partial charge in [-0.1, -0.05) is 42.0 Å². The standard InChI is InChI=1S/C29H34FN3O5S/c1-6-31-29(35)22(4)32(18-23-9-7-8-10-25(23)30)28(34)19-33(26-17-21(3)13-16-27(26)38-5)39(36,37)24-14-11-20(2)12-15-24/h7-17,22H,6,18-19H2,1-5H3,(H,31,35)/t22-/m0/s1. The first kappa shape index (κ1) is 29.6. The van der Waals surface area contributed by atoms with Crippen LogP contribution in [0.5, 0.6) is 5.75 Å². The highest BCUT2D eigenvalue weighted by Crippen LogP contribution is 2.34. The number of methoxy groups -OCH3 is 1. The zero-order chi connectivity index (χ0) is 28.7. The second-order valence-corrected chi connectivity index (χ2v) is 11.0. The quantitative estimate of drug-likeness (QED) is 0.383. The number of nitrogens with zero attached hydrogens (tertiary/aromatic N) is 2. The van der Waals surface area contributed by atoms with Gasteiger partial charge < -0.3 is 15.0 Å². The number of sulfonamides is 1. The van der Waals surface area contributed by atoms with Crippen molar-refractivity contribution >= 4 is 27.5 Å². The summed E-state index contributed by atoms with van der Waals surface area (Å²) in [5.41, 5.74) is 1.99. The van der Waals surface area contributed by atoms with Crippen molar-refractivity contribution < 1.29 is 27.1 Å². The molecule has 0 aliphatic carbocycles. The fourth-order valence-electron chi connectivity index (χ4n) is 4.06. The highest BCUT2D eigenvalue weighted by Gasteiger charge is 2.34. The average molecular weight is 556 g/mol. The first-order chi connectivity index (χ1) is 18.5. The lowest BCUT2D eigenvalue weighted by atomic mass is 10.1. The Hall–Kier alpha value is -3.92. The Morgan fingerprint density at radius 3 is 2.26 bits per heavy atom. The smallest absolute Gasteiger partial charge is 0.264 e. The molecule has 3 aromatic carbocycles. The van der Waals surface area contributed by atoms with E-state index in [4.69, 9.17) is 4.74 Å². The molecule has 0 heterocycles. The number of carbonyl (C=O) groups is 2. The van der Waals surface area contributed by atoms with Gasteiger partial charge in [-0.05, 0) is 63.6 Å². The molecule has 0 bridgehead atoms. The van der Waals surface area contributed by atoms with Gasteiger partial charge in [0, 0.05) is 18.7 Å². The van der Waals surface area contributed by atoms with Crippen LogP contribution in [-0.2, 0) is 26.2 Å². The molecule has 10 heteroatoms. The van der Waals surface area contributed by atoms with E-state index in [9.17, 15) is 22.4 Å². The van der Waals surface area contributed by atoms with Crippen LogP contribution in [-0.4, -0.2) is 51.4 Å². The summed E-state index contributed by atoms with van der Waals surface area (Å²) in [5.74, 6) is -1.41. The Morgan fingerprint density at radius 2 is 1.64 bits per heavy atom. The molecular formula is C29H34FN3O5S. The van der Waals surface area contributed by atoms with Crippen molar-refractivity contribution in [2.45, 2.75) is 45.2 Å². The molecule has 0 unspecified atom stereocenters. The normalized spacial score (nSPS) is 11.9. The number of likely N-dealkylation sites (N-methyl/N-ethyl adjacent to an activating group) is 1. The summed E-state index contributed by atoms with van der Waals surface area (Å²) in [6.07, 6.45) is 0. The fourth-order valence-corrected chi connectivity index (χ4v) is 5.48. The summed E-state index contributed by atoms with van der Waals surface area (Å²) in [5, 5.41) is 2.67. The Balaban J connectivity index is 2.11. The van der Waals surface area contributed by atoms with E-state index in [0.717, 1.165) is 15.4 Å². The van der Waals surface area contributed by atoms with Gasteiger partial charge >= 0.3 is 0 Å². The lowest BCUT2D eigenvalue weighted by molar-refractivity contribution is -0.139. The topological polar surface area (TPSA) is 96.0 Å². The van der Waals surface area contributed by atoms with E-state index in [1.807, 2.05) is 6.92 Å². The van der Waals surface area contributed by atoms with E-state index in [0.29, 0.717) is 6.54 Å². The lowest BCUT2D eigenvalue weighted by Crippen LogP contribution is -2.51. The maximum absolute atomic E-state index is 14.6. The molecule has 0 spiro atoms. The van der Waals surface area contributed by atoms with Crippen LogP contribution in [0.3, 0.4) is 0 Å². The van der Waals surface area contributed by atoms with E-state index in [2.05, 4.69) is 5.32 Å². The molecule has 8 nitrogen and oxygen atoms in total. The number of nitrogens with one attached hydrogen (secondary N) is 1. The summed E-state index contributed by atoms with van der Waals surface area (Å²) < 4.78 is 48.9. The van der Waals surface area contributed by atoms with Gasteiger partial charge in [-0.2, -0.15) is 0 Å². The Bertz CT molecular complexity index is 1430. The van der Waals surface area contributed by atoms with E-state index in [-0.39, 0.29) is 28.4 Å². The molecule has 0 aliphatic rings. The van der Waals surface area contributed by atoms with Crippen molar-refractivity contribution in [2.75, 3.05) is 24.5 Å². The van der Waals surface area contributed by atoms with E-state index in [1.165, 1.54) is 49.3 Å². The summed E-state index contributed by atoms with van der Waals surface area (Å²) in [7, 11) is -2.84. The predicted octanol–water partition coefficient (Wildman–Crippen LogP) is 4.20. The van der Waals surface area contributed by atoms with Crippen LogP contribution < -0.4 is 14.4 Å². The van der Waals surface area contributed by atoms with Crippen LogP contribution in [0.4, 0.5) is 10.1 Å². The number of amides is 2. The van der Waals surface area contributed by atoms with Crippen molar-refractivity contribution in [2.24, 2.45) is 0 Å². The van der Waals surface area contributed by atoms with Gasteiger partial charge in [0.15, 0.2) is 0 Å². The zero-order valence-electron chi connectivity index (χ0n) is 22.8. The molecule has 0 aromatic heterocycles. The Morgan fingerprint density at radius 1 is 1.00 bits per heavy atom. The van der Waals surface area contributed by atoms with E-state index < -0.39 is 40.2 Å². The maximum Gasteiger partial charge on any atom is 0.264 e. The summed E-state index contributed by atoms with van der Waals surface area (Å²) in [4.78, 5) is 27.8. The van der Waals surface area contributed by atoms with Gasteiger partial charge in [-0.15, -0.1) is 0 Å². The number of benzene rings is 3. The molecule has 3 aromatic rings. The number of ether oxygens (including phenoxy) is 1. The Kier molecular flexibility index (Phi) is 9.69. The number of halogens is 1. The van der Waals surface area contributed by atoms with Gasteiger partial charge in [0.25, 0.3) is 10.0 Å². The Labute approximate surface area is 229 Å².